The number of rotatable bonds is 6. The molecule has 0 amide bonds. The molecule has 2 aromatic carbocycles. The third-order valence-electron chi connectivity index (χ3n) is 4.58. The Morgan fingerprint density at radius 1 is 0.963 bits per heavy atom. The van der Waals surface area contributed by atoms with Gasteiger partial charge in [-0.3, -0.25) is 4.79 Å². The molecule has 0 saturated carbocycles. The molecule has 0 N–H and O–H groups in total. The highest BCUT2D eigenvalue weighted by atomic mass is 32.2. The van der Waals surface area contributed by atoms with E-state index < -0.39 is 21.9 Å². The van der Waals surface area contributed by atoms with Crippen LogP contribution in [0.25, 0.3) is 0 Å². The predicted molar refractivity (Wildman–Crippen MR) is 104 cm³/mol. The molecule has 0 aliphatic rings. The van der Waals surface area contributed by atoms with Crippen LogP contribution in [0.3, 0.4) is 0 Å². The maximum atomic E-state index is 12.7. The van der Waals surface area contributed by atoms with E-state index in [4.69, 9.17) is 4.74 Å². The summed E-state index contributed by atoms with van der Waals surface area (Å²) in [4.78, 5) is 25.2. The molecule has 0 aliphatic carbocycles. The van der Waals surface area contributed by atoms with Crippen molar-refractivity contribution in [2.75, 3.05) is 5.75 Å². The Labute approximate surface area is 160 Å². The van der Waals surface area contributed by atoms with Crippen molar-refractivity contribution in [3.05, 3.63) is 64.2 Å². The lowest BCUT2D eigenvalue weighted by molar-refractivity contribution is 0.0315. The molecule has 0 saturated heterocycles. The molecule has 27 heavy (non-hydrogen) atoms. The smallest absolute Gasteiger partial charge is 0.340 e. The SMILES string of the molecule is CCS(=O)(=O)c1ccccc1C(=O)OC(C)C(=O)c1cc(C)c(C)cc1C. The van der Waals surface area contributed by atoms with Crippen LogP contribution in [0.1, 0.15) is 51.3 Å². The molecule has 0 radical (unpaired) electrons. The second kappa shape index (κ2) is 8.05. The van der Waals surface area contributed by atoms with Gasteiger partial charge in [0.25, 0.3) is 0 Å². The molecular weight excluding hydrogens is 364 g/mol. The van der Waals surface area contributed by atoms with Crippen molar-refractivity contribution < 1.29 is 22.7 Å². The van der Waals surface area contributed by atoms with E-state index in [1.807, 2.05) is 26.8 Å². The predicted octanol–water partition coefficient (Wildman–Crippen LogP) is 3.83. The van der Waals surface area contributed by atoms with Crippen LogP contribution in [0, 0.1) is 20.8 Å². The molecule has 2 rings (SSSR count). The summed E-state index contributed by atoms with van der Waals surface area (Å²) in [7, 11) is -3.58. The molecule has 0 bridgehead atoms. The van der Waals surface area contributed by atoms with Gasteiger partial charge in [0.2, 0.25) is 5.78 Å². The van der Waals surface area contributed by atoms with Crippen LogP contribution in [0.2, 0.25) is 0 Å². The maximum Gasteiger partial charge on any atom is 0.340 e. The van der Waals surface area contributed by atoms with Crippen LogP contribution in [0.5, 0.6) is 0 Å². The number of ether oxygens (including phenoxy) is 1. The Balaban J connectivity index is 2.29. The number of hydrogen-bond acceptors (Lipinski definition) is 5. The number of benzene rings is 2. The lowest BCUT2D eigenvalue weighted by Crippen LogP contribution is -2.26. The van der Waals surface area contributed by atoms with Gasteiger partial charge < -0.3 is 4.74 Å². The standard InChI is InChI=1S/C21H24O5S/c1-6-27(24,25)19-10-8-7-9-17(19)21(23)26-16(5)20(22)18-12-14(3)13(2)11-15(18)4/h7-12,16H,6H2,1-5H3. The molecule has 1 unspecified atom stereocenters. The third-order valence-corrected chi connectivity index (χ3v) is 6.37. The number of hydrogen-bond donors (Lipinski definition) is 0. The van der Waals surface area contributed by atoms with Crippen LogP contribution < -0.4 is 0 Å². The van der Waals surface area contributed by atoms with Crippen LogP contribution in [-0.4, -0.2) is 32.0 Å². The van der Waals surface area contributed by atoms with Gasteiger partial charge >= 0.3 is 5.97 Å². The van der Waals surface area contributed by atoms with Crippen molar-refractivity contribution in [3.8, 4) is 0 Å². The average Bonchev–Trinajstić information content (AvgIpc) is 2.64. The number of carbonyl (C=O) groups is 2. The first-order valence-electron chi connectivity index (χ1n) is 8.73. The van der Waals surface area contributed by atoms with Gasteiger partial charge in [0.15, 0.2) is 15.9 Å². The van der Waals surface area contributed by atoms with Gasteiger partial charge in [0.05, 0.1) is 16.2 Å². The highest BCUT2D eigenvalue weighted by molar-refractivity contribution is 7.91. The number of carbonyl (C=O) groups excluding carboxylic acids is 2. The molecule has 0 spiro atoms. The molecular formula is C21H24O5S. The monoisotopic (exact) mass is 388 g/mol. The lowest BCUT2D eigenvalue weighted by atomic mass is 9.96. The van der Waals surface area contributed by atoms with E-state index in [-0.39, 0.29) is 22.0 Å². The van der Waals surface area contributed by atoms with Crippen LogP contribution in [-0.2, 0) is 14.6 Å². The Morgan fingerprint density at radius 3 is 2.19 bits per heavy atom. The van der Waals surface area contributed by atoms with E-state index in [1.165, 1.54) is 26.0 Å². The molecule has 0 fully saturated rings. The van der Waals surface area contributed by atoms with Crippen molar-refractivity contribution in [1.82, 2.24) is 0 Å². The summed E-state index contributed by atoms with van der Waals surface area (Å²) in [6.45, 7) is 8.70. The molecule has 0 aromatic heterocycles. The van der Waals surface area contributed by atoms with Crippen molar-refractivity contribution in [2.24, 2.45) is 0 Å². The third kappa shape index (κ3) is 4.45. The Morgan fingerprint density at radius 2 is 1.56 bits per heavy atom. The van der Waals surface area contributed by atoms with Gasteiger partial charge in [-0.15, -0.1) is 0 Å². The van der Waals surface area contributed by atoms with Crippen molar-refractivity contribution in [3.63, 3.8) is 0 Å². The van der Waals surface area contributed by atoms with E-state index in [2.05, 4.69) is 0 Å². The van der Waals surface area contributed by atoms with E-state index in [0.717, 1.165) is 16.7 Å². The summed E-state index contributed by atoms with van der Waals surface area (Å²) in [5.41, 5.74) is 3.29. The minimum absolute atomic E-state index is 0.0594. The fourth-order valence-electron chi connectivity index (χ4n) is 2.78. The molecule has 2 aromatic rings. The lowest BCUT2D eigenvalue weighted by Gasteiger charge is -2.16. The zero-order valence-electron chi connectivity index (χ0n) is 16.2. The van der Waals surface area contributed by atoms with Crippen LogP contribution in [0.4, 0.5) is 0 Å². The molecule has 6 heteroatoms. The number of esters is 1. The summed E-state index contributed by atoms with van der Waals surface area (Å²) < 4.78 is 29.7. The summed E-state index contributed by atoms with van der Waals surface area (Å²) in [6, 6.07) is 9.57. The zero-order chi connectivity index (χ0) is 20.4. The number of Topliss-reactive ketones (excluding diaryl/α,β-unsaturated/α-hetero) is 1. The van der Waals surface area contributed by atoms with Crippen molar-refractivity contribution in [2.45, 2.75) is 45.6 Å². The Bertz CT molecular complexity index is 990. The first kappa shape index (κ1) is 20.8. The quantitative estimate of drug-likeness (QED) is 0.555. The number of ketones is 1. The fraction of sp³-hybridized carbons (Fsp3) is 0.333. The first-order chi connectivity index (χ1) is 12.6. The summed E-state index contributed by atoms with van der Waals surface area (Å²) in [6.07, 6.45) is -1.03. The van der Waals surface area contributed by atoms with Gasteiger partial charge in [0, 0.05) is 5.56 Å². The molecule has 0 heterocycles. The first-order valence-corrected chi connectivity index (χ1v) is 10.4. The largest absolute Gasteiger partial charge is 0.451 e. The van der Waals surface area contributed by atoms with E-state index in [9.17, 15) is 18.0 Å². The van der Waals surface area contributed by atoms with Gasteiger partial charge in [-0.2, -0.15) is 0 Å². The molecule has 1 atom stereocenters. The zero-order valence-corrected chi connectivity index (χ0v) is 17.0. The Hall–Kier alpha value is -2.47. The second-order valence-electron chi connectivity index (χ2n) is 6.56. The summed E-state index contributed by atoms with van der Waals surface area (Å²) in [5.74, 6) is -1.28. The van der Waals surface area contributed by atoms with Crippen LogP contribution >= 0.6 is 0 Å². The average molecular weight is 388 g/mol. The summed E-state index contributed by atoms with van der Waals surface area (Å²) in [5, 5.41) is 0. The van der Waals surface area contributed by atoms with Gasteiger partial charge in [-0.1, -0.05) is 25.1 Å². The van der Waals surface area contributed by atoms with E-state index in [0.29, 0.717) is 5.56 Å². The highest BCUT2D eigenvalue weighted by Crippen LogP contribution is 2.21. The molecule has 144 valence electrons. The van der Waals surface area contributed by atoms with Gasteiger partial charge in [-0.25, -0.2) is 13.2 Å². The number of sulfone groups is 1. The topological polar surface area (TPSA) is 77.5 Å². The van der Waals surface area contributed by atoms with E-state index >= 15 is 0 Å². The maximum absolute atomic E-state index is 12.7. The van der Waals surface area contributed by atoms with Crippen molar-refractivity contribution in [1.29, 1.82) is 0 Å². The van der Waals surface area contributed by atoms with E-state index in [1.54, 1.807) is 18.2 Å². The highest BCUT2D eigenvalue weighted by Gasteiger charge is 2.26. The van der Waals surface area contributed by atoms with Gasteiger partial charge in [0.1, 0.15) is 0 Å². The summed E-state index contributed by atoms with van der Waals surface area (Å²) >= 11 is 0. The van der Waals surface area contributed by atoms with Crippen LogP contribution in [0.15, 0.2) is 41.3 Å². The minimum Gasteiger partial charge on any atom is -0.451 e. The second-order valence-corrected chi connectivity index (χ2v) is 8.81. The van der Waals surface area contributed by atoms with Gasteiger partial charge in [-0.05, 0) is 62.6 Å². The normalized spacial score (nSPS) is 12.5. The fourth-order valence-corrected chi connectivity index (χ4v) is 3.87. The number of aryl methyl sites for hydroxylation is 3. The minimum atomic E-state index is -3.58. The Kier molecular flexibility index (Phi) is 6.21. The van der Waals surface area contributed by atoms with Crippen molar-refractivity contribution >= 4 is 21.6 Å². The molecule has 0 aliphatic heterocycles. The molecule has 5 nitrogen and oxygen atoms in total.